The Hall–Kier alpha value is -1.87. The predicted molar refractivity (Wildman–Crippen MR) is 84.1 cm³/mol. The normalized spacial score (nSPS) is 11.6. The highest BCUT2D eigenvalue weighted by Gasteiger charge is 2.09. The molecule has 0 amide bonds. The summed E-state index contributed by atoms with van der Waals surface area (Å²) in [6.07, 6.45) is 1.78. The van der Waals surface area contributed by atoms with Crippen LogP contribution in [0.5, 0.6) is 5.75 Å². The molecule has 3 nitrogen and oxygen atoms in total. The number of aromatic nitrogens is 1. The lowest BCUT2D eigenvalue weighted by Crippen LogP contribution is -2.37. The summed E-state index contributed by atoms with van der Waals surface area (Å²) in [7, 11) is 0. The number of rotatable bonds is 5. The molecule has 0 bridgehead atoms. The lowest BCUT2D eigenvalue weighted by atomic mass is 10.1. The minimum atomic E-state index is 0.0872. The van der Waals surface area contributed by atoms with Gasteiger partial charge in [-0.2, -0.15) is 0 Å². The predicted octanol–water partition coefficient (Wildman–Crippen LogP) is 3.56. The number of nitrogens with zero attached hydrogens (tertiary/aromatic N) is 1. The van der Waals surface area contributed by atoms with Crippen molar-refractivity contribution < 1.29 is 4.74 Å². The van der Waals surface area contributed by atoms with Crippen molar-refractivity contribution in [3.8, 4) is 5.75 Å². The molecule has 2 rings (SSSR count). The first-order valence-electron chi connectivity index (χ1n) is 6.84. The van der Waals surface area contributed by atoms with E-state index in [4.69, 9.17) is 4.74 Å². The van der Waals surface area contributed by atoms with Gasteiger partial charge in [0.05, 0.1) is 0 Å². The fourth-order valence-corrected chi connectivity index (χ4v) is 1.81. The largest absolute Gasteiger partial charge is 0.487 e. The summed E-state index contributed by atoms with van der Waals surface area (Å²) < 4.78 is 5.84. The lowest BCUT2D eigenvalue weighted by Gasteiger charge is -2.21. The zero-order valence-electron chi connectivity index (χ0n) is 12.4. The number of nitrogens with one attached hydrogen (secondary N) is 1. The van der Waals surface area contributed by atoms with E-state index in [0.29, 0.717) is 6.61 Å². The van der Waals surface area contributed by atoms with Gasteiger partial charge in [0.2, 0.25) is 0 Å². The van der Waals surface area contributed by atoms with Crippen LogP contribution in [0.15, 0.2) is 48.7 Å². The van der Waals surface area contributed by atoms with Crippen molar-refractivity contribution in [2.24, 2.45) is 0 Å². The lowest BCUT2D eigenvalue weighted by molar-refractivity contribution is 0.344. The van der Waals surface area contributed by atoms with Crippen LogP contribution in [0, 0.1) is 0 Å². The van der Waals surface area contributed by atoms with Crippen LogP contribution in [0.2, 0.25) is 0 Å². The van der Waals surface area contributed by atoms with Gasteiger partial charge in [-0.1, -0.05) is 24.8 Å². The second-order valence-electron chi connectivity index (χ2n) is 5.97. The summed E-state index contributed by atoms with van der Waals surface area (Å²) in [5, 5.41) is 4.49. The topological polar surface area (TPSA) is 34.1 Å². The first kappa shape index (κ1) is 14.5. The summed E-state index contributed by atoms with van der Waals surface area (Å²) in [6.45, 7) is 11.7. The molecule has 0 spiro atoms. The monoisotopic (exact) mass is 270 g/mol. The summed E-state index contributed by atoms with van der Waals surface area (Å²) >= 11 is 0. The van der Waals surface area contributed by atoms with E-state index in [1.165, 1.54) is 0 Å². The maximum Gasteiger partial charge on any atom is 0.146 e. The Morgan fingerprint density at radius 3 is 2.75 bits per heavy atom. The Labute approximate surface area is 120 Å². The maximum atomic E-state index is 5.84. The standard InChI is InChI=1S/C17H22N2O/c1-13(11-19-17(2,3)4)12-20-15-9-5-7-14-8-6-10-18-16(14)15/h5-10,19H,1,11-12H2,2-4H3. The first-order chi connectivity index (χ1) is 9.46. The van der Waals surface area contributed by atoms with Crippen LogP contribution in [0.25, 0.3) is 10.9 Å². The molecule has 0 fully saturated rings. The summed E-state index contributed by atoms with van der Waals surface area (Å²) in [5.41, 5.74) is 2.00. The molecule has 0 saturated carbocycles. The summed E-state index contributed by atoms with van der Waals surface area (Å²) in [6, 6.07) is 9.92. The Kier molecular flexibility index (Phi) is 4.40. The summed E-state index contributed by atoms with van der Waals surface area (Å²) in [4.78, 5) is 4.37. The van der Waals surface area contributed by atoms with Crippen molar-refractivity contribution in [2.45, 2.75) is 26.3 Å². The molecule has 20 heavy (non-hydrogen) atoms. The maximum absolute atomic E-state index is 5.84. The Morgan fingerprint density at radius 2 is 2.00 bits per heavy atom. The zero-order valence-corrected chi connectivity index (χ0v) is 12.4. The minimum absolute atomic E-state index is 0.0872. The van der Waals surface area contributed by atoms with Crippen molar-refractivity contribution in [3.63, 3.8) is 0 Å². The van der Waals surface area contributed by atoms with Gasteiger partial charge in [0.15, 0.2) is 0 Å². The van der Waals surface area contributed by atoms with Crippen molar-refractivity contribution in [1.82, 2.24) is 10.3 Å². The number of hydrogen-bond donors (Lipinski definition) is 1. The number of benzene rings is 1. The third-order valence-corrected chi connectivity index (χ3v) is 2.90. The van der Waals surface area contributed by atoms with Gasteiger partial charge < -0.3 is 10.1 Å². The fourth-order valence-electron chi connectivity index (χ4n) is 1.81. The molecule has 3 heteroatoms. The highest BCUT2D eigenvalue weighted by atomic mass is 16.5. The molecule has 0 aliphatic carbocycles. The van der Waals surface area contributed by atoms with Crippen molar-refractivity contribution >= 4 is 10.9 Å². The molecule has 0 saturated heterocycles. The van der Waals surface area contributed by atoms with E-state index in [0.717, 1.165) is 28.8 Å². The van der Waals surface area contributed by atoms with Gasteiger partial charge in [0, 0.05) is 23.7 Å². The first-order valence-corrected chi connectivity index (χ1v) is 6.84. The molecule has 1 heterocycles. The number of para-hydroxylation sites is 1. The van der Waals surface area contributed by atoms with Gasteiger partial charge in [-0.05, 0) is 38.5 Å². The molecule has 106 valence electrons. The molecule has 1 aromatic carbocycles. The number of pyridine rings is 1. The second kappa shape index (κ2) is 6.06. The van der Waals surface area contributed by atoms with Crippen LogP contribution in [0.3, 0.4) is 0 Å². The van der Waals surface area contributed by atoms with Gasteiger partial charge in [0.25, 0.3) is 0 Å². The number of hydrogen-bond acceptors (Lipinski definition) is 3. The van der Waals surface area contributed by atoms with Crippen molar-refractivity contribution in [1.29, 1.82) is 0 Å². The van der Waals surface area contributed by atoms with Gasteiger partial charge >= 0.3 is 0 Å². The Morgan fingerprint density at radius 1 is 1.25 bits per heavy atom. The van der Waals surface area contributed by atoms with Crippen molar-refractivity contribution in [3.05, 3.63) is 48.7 Å². The van der Waals surface area contributed by atoms with E-state index in [1.807, 2.05) is 30.3 Å². The fraction of sp³-hybridized carbons (Fsp3) is 0.353. The van der Waals surface area contributed by atoms with E-state index in [9.17, 15) is 0 Å². The van der Waals surface area contributed by atoms with Crippen LogP contribution in [0.1, 0.15) is 20.8 Å². The molecular weight excluding hydrogens is 248 g/mol. The second-order valence-corrected chi connectivity index (χ2v) is 5.97. The van der Waals surface area contributed by atoms with Crippen LogP contribution in [-0.2, 0) is 0 Å². The SMILES string of the molecule is C=C(CNC(C)(C)C)COc1cccc2cccnc12. The quantitative estimate of drug-likeness (QED) is 0.844. The third kappa shape index (κ3) is 4.07. The molecule has 1 N–H and O–H groups in total. The van der Waals surface area contributed by atoms with E-state index in [-0.39, 0.29) is 5.54 Å². The smallest absolute Gasteiger partial charge is 0.146 e. The van der Waals surface area contributed by atoms with E-state index in [2.05, 4.69) is 37.7 Å². The van der Waals surface area contributed by atoms with Gasteiger partial charge in [0.1, 0.15) is 17.9 Å². The van der Waals surface area contributed by atoms with Crippen LogP contribution in [-0.4, -0.2) is 23.7 Å². The molecule has 0 aliphatic rings. The Bertz CT molecular complexity index is 594. The third-order valence-electron chi connectivity index (χ3n) is 2.90. The van der Waals surface area contributed by atoms with Crippen molar-refractivity contribution in [2.75, 3.05) is 13.2 Å². The van der Waals surface area contributed by atoms with E-state index >= 15 is 0 Å². The minimum Gasteiger partial charge on any atom is -0.487 e. The summed E-state index contributed by atoms with van der Waals surface area (Å²) in [5.74, 6) is 0.806. The van der Waals surface area contributed by atoms with Crippen LogP contribution < -0.4 is 10.1 Å². The molecule has 0 aliphatic heterocycles. The number of ether oxygens (including phenoxy) is 1. The Balaban J connectivity index is 1.98. The van der Waals surface area contributed by atoms with Crippen LogP contribution >= 0.6 is 0 Å². The highest BCUT2D eigenvalue weighted by molar-refractivity contribution is 5.84. The molecular formula is C17H22N2O. The molecule has 0 unspecified atom stereocenters. The molecule has 0 radical (unpaired) electrons. The van der Waals surface area contributed by atoms with Gasteiger partial charge in [-0.15, -0.1) is 0 Å². The zero-order chi connectivity index (χ0) is 14.6. The van der Waals surface area contributed by atoms with Crippen LogP contribution in [0.4, 0.5) is 0 Å². The molecule has 2 aromatic rings. The van der Waals surface area contributed by atoms with Gasteiger partial charge in [-0.3, -0.25) is 4.98 Å². The number of fused-ring (bicyclic) bond motifs is 1. The average molecular weight is 270 g/mol. The highest BCUT2D eigenvalue weighted by Crippen LogP contribution is 2.23. The molecule has 0 atom stereocenters. The van der Waals surface area contributed by atoms with E-state index in [1.54, 1.807) is 6.20 Å². The average Bonchev–Trinajstić information content (AvgIpc) is 2.42. The molecule has 1 aromatic heterocycles. The van der Waals surface area contributed by atoms with Gasteiger partial charge in [-0.25, -0.2) is 0 Å². The van der Waals surface area contributed by atoms with E-state index < -0.39 is 0 Å².